The number of carbonyl (C=O) groups excluding carboxylic acids is 2. The number of nitrogens with zero attached hydrogens (tertiary/aromatic N) is 2. The molecule has 1 unspecified atom stereocenters. The van der Waals surface area contributed by atoms with Crippen LogP contribution in [0.2, 0.25) is 0 Å². The minimum atomic E-state index is -0.309. The summed E-state index contributed by atoms with van der Waals surface area (Å²) in [6, 6.07) is 9.50. The summed E-state index contributed by atoms with van der Waals surface area (Å²) >= 11 is 0. The van der Waals surface area contributed by atoms with Crippen LogP contribution in [0, 0.1) is 0 Å². The maximum Gasteiger partial charge on any atom is 0.315 e. The van der Waals surface area contributed by atoms with E-state index in [1.165, 1.54) is 0 Å². The lowest BCUT2D eigenvalue weighted by Crippen LogP contribution is -2.50. The largest absolute Gasteiger partial charge is 0.339 e. The molecule has 25 heavy (non-hydrogen) atoms. The van der Waals surface area contributed by atoms with Crippen molar-refractivity contribution in [3.05, 3.63) is 35.9 Å². The number of urea groups is 1. The fraction of sp³-hybridized carbons (Fsp3) is 0.556. The molecule has 1 atom stereocenters. The summed E-state index contributed by atoms with van der Waals surface area (Å²) in [6.45, 7) is 3.88. The first-order chi connectivity index (χ1) is 12.1. The SMILES string of the molecule is CN(C)CCC(NC(=O)NCC(=O)N1CCNCC1)c1ccccc1. The van der Waals surface area contributed by atoms with Crippen molar-refractivity contribution in [2.75, 3.05) is 53.4 Å². The van der Waals surface area contributed by atoms with E-state index in [0.29, 0.717) is 13.1 Å². The second kappa shape index (κ2) is 10.0. The Hall–Kier alpha value is -2.12. The molecule has 1 saturated heterocycles. The number of piperazine rings is 1. The third-order valence-corrected chi connectivity index (χ3v) is 4.24. The van der Waals surface area contributed by atoms with Gasteiger partial charge in [0.2, 0.25) is 5.91 Å². The molecule has 1 heterocycles. The zero-order valence-corrected chi connectivity index (χ0v) is 15.1. The van der Waals surface area contributed by atoms with Crippen molar-refractivity contribution in [2.24, 2.45) is 0 Å². The van der Waals surface area contributed by atoms with Crippen LogP contribution in [0.5, 0.6) is 0 Å². The molecular weight excluding hydrogens is 318 g/mol. The third kappa shape index (κ3) is 6.72. The highest BCUT2D eigenvalue weighted by Gasteiger charge is 2.18. The molecule has 7 heteroatoms. The van der Waals surface area contributed by atoms with Gasteiger partial charge >= 0.3 is 6.03 Å². The summed E-state index contributed by atoms with van der Waals surface area (Å²) in [6.07, 6.45) is 0.802. The van der Waals surface area contributed by atoms with E-state index in [0.717, 1.165) is 31.6 Å². The Bertz CT molecular complexity index is 544. The number of nitrogens with one attached hydrogen (secondary N) is 3. The summed E-state index contributed by atoms with van der Waals surface area (Å²) in [7, 11) is 4.02. The molecule has 7 nitrogen and oxygen atoms in total. The van der Waals surface area contributed by atoms with E-state index < -0.39 is 0 Å². The Morgan fingerprint density at radius 2 is 1.88 bits per heavy atom. The van der Waals surface area contributed by atoms with Crippen LogP contribution in [0.15, 0.2) is 30.3 Å². The highest BCUT2D eigenvalue weighted by Crippen LogP contribution is 2.16. The molecule has 1 aromatic carbocycles. The number of rotatable bonds is 7. The van der Waals surface area contributed by atoms with Gasteiger partial charge in [0.1, 0.15) is 0 Å². The van der Waals surface area contributed by atoms with Gasteiger partial charge in [-0.2, -0.15) is 0 Å². The fourth-order valence-corrected chi connectivity index (χ4v) is 2.79. The highest BCUT2D eigenvalue weighted by atomic mass is 16.2. The van der Waals surface area contributed by atoms with Crippen molar-refractivity contribution in [2.45, 2.75) is 12.5 Å². The number of benzene rings is 1. The zero-order valence-electron chi connectivity index (χ0n) is 15.1. The first-order valence-corrected chi connectivity index (χ1v) is 8.79. The Labute approximate surface area is 149 Å². The smallest absolute Gasteiger partial charge is 0.315 e. The lowest BCUT2D eigenvalue weighted by atomic mass is 10.0. The molecule has 1 aromatic rings. The fourth-order valence-electron chi connectivity index (χ4n) is 2.79. The molecule has 3 amide bonds. The summed E-state index contributed by atoms with van der Waals surface area (Å²) < 4.78 is 0. The van der Waals surface area contributed by atoms with Crippen LogP contribution < -0.4 is 16.0 Å². The first kappa shape index (κ1) is 19.2. The summed E-state index contributed by atoms with van der Waals surface area (Å²) in [5, 5.41) is 8.88. The van der Waals surface area contributed by atoms with E-state index >= 15 is 0 Å². The van der Waals surface area contributed by atoms with Crippen molar-refractivity contribution in [3.63, 3.8) is 0 Å². The summed E-state index contributed by atoms with van der Waals surface area (Å²) in [5.74, 6) is -0.0406. The molecule has 0 radical (unpaired) electrons. The zero-order chi connectivity index (χ0) is 18.1. The van der Waals surface area contributed by atoms with Crippen molar-refractivity contribution in [1.82, 2.24) is 25.8 Å². The second-order valence-electron chi connectivity index (χ2n) is 6.51. The van der Waals surface area contributed by atoms with E-state index in [4.69, 9.17) is 0 Å². The molecule has 138 valence electrons. The van der Waals surface area contributed by atoms with E-state index in [-0.39, 0.29) is 24.5 Å². The Morgan fingerprint density at radius 1 is 1.20 bits per heavy atom. The van der Waals surface area contributed by atoms with Gasteiger partial charge in [0, 0.05) is 26.2 Å². The second-order valence-corrected chi connectivity index (χ2v) is 6.51. The van der Waals surface area contributed by atoms with E-state index in [9.17, 15) is 9.59 Å². The number of amides is 3. The van der Waals surface area contributed by atoms with E-state index in [1.54, 1.807) is 4.90 Å². The average molecular weight is 347 g/mol. The van der Waals surface area contributed by atoms with Crippen LogP contribution in [-0.4, -0.2) is 75.1 Å². The number of hydrogen-bond acceptors (Lipinski definition) is 4. The first-order valence-electron chi connectivity index (χ1n) is 8.79. The van der Waals surface area contributed by atoms with Crippen LogP contribution in [0.4, 0.5) is 4.79 Å². The molecule has 1 aliphatic heterocycles. The van der Waals surface area contributed by atoms with Gasteiger partial charge in [0.15, 0.2) is 0 Å². The maximum absolute atomic E-state index is 12.2. The van der Waals surface area contributed by atoms with Crippen molar-refractivity contribution in [3.8, 4) is 0 Å². The topological polar surface area (TPSA) is 76.7 Å². The molecule has 0 spiro atoms. The van der Waals surface area contributed by atoms with Gasteiger partial charge in [0.05, 0.1) is 12.6 Å². The lowest BCUT2D eigenvalue weighted by Gasteiger charge is -2.27. The van der Waals surface area contributed by atoms with Gasteiger partial charge in [-0.1, -0.05) is 30.3 Å². The standard InChI is InChI=1S/C18H29N5O2/c1-22(2)11-8-16(15-6-4-3-5-7-15)21-18(25)20-14-17(24)23-12-9-19-10-13-23/h3-7,16,19H,8-14H2,1-2H3,(H2,20,21,25). The van der Waals surface area contributed by atoms with Crippen LogP contribution in [0.3, 0.4) is 0 Å². The van der Waals surface area contributed by atoms with Crippen molar-refractivity contribution >= 4 is 11.9 Å². The van der Waals surface area contributed by atoms with E-state index in [2.05, 4.69) is 20.9 Å². The minimum Gasteiger partial charge on any atom is -0.339 e. The molecule has 1 aliphatic rings. The Kier molecular flexibility index (Phi) is 7.69. The average Bonchev–Trinajstić information content (AvgIpc) is 2.64. The normalized spacial score (nSPS) is 15.7. The monoisotopic (exact) mass is 347 g/mol. The highest BCUT2D eigenvalue weighted by molar-refractivity contribution is 5.84. The van der Waals surface area contributed by atoms with Crippen molar-refractivity contribution in [1.29, 1.82) is 0 Å². The van der Waals surface area contributed by atoms with Gasteiger partial charge in [-0.15, -0.1) is 0 Å². The summed E-state index contributed by atoms with van der Waals surface area (Å²) in [5.41, 5.74) is 1.06. The van der Waals surface area contributed by atoms with Gasteiger partial charge in [-0.25, -0.2) is 4.79 Å². The molecule has 0 bridgehead atoms. The van der Waals surface area contributed by atoms with Gasteiger partial charge in [0.25, 0.3) is 0 Å². The minimum absolute atomic E-state index is 0.0288. The molecule has 0 aromatic heterocycles. The van der Waals surface area contributed by atoms with E-state index in [1.807, 2.05) is 44.4 Å². The Balaban J connectivity index is 1.84. The molecule has 1 fully saturated rings. The molecule has 0 saturated carbocycles. The predicted octanol–water partition coefficient (Wildman–Crippen LogP) is 0.410. The van der Waals surface area contributed by atoms with Gasteiger partial charge in [-0.3, -0.25) is 4.79 Å². The van der Waals surface area contributed by atoms with Crippen LogP contribution in [-0.2, 0) is 4.79 Å². The molecule has 3 N–H and O–H groups in total. The Morgan fingerprint density at radius 3 is 2.52 bits per heavy atom. The van der Waals surface area contributed by atoms with Crippen molar-refractivity contribution < 1.29 is 9.59 Å². The van der Waals surface area contributed by atoms with Crippen LogP contribution in [0.1, 0.15) is 18.0 Å². The van der Waals surface area contributed by atoms with Gasteiger partial charge < -0.3 is 25.8 Å². The maximum atomic E-state index is 12.2. The third-order valence-electron chi connectivity index (χ3n) is 4.24. The molecular formula is C18H29N5O2. The van der Waals surface area contributed by atoms with Crippen LogP contribution in [0.25, 0.3) is 0 Å². The predicted molar refractivity (Wildman–Crippen MR) is 98.3 cm³/mol. The molecule has 0 aliphatic carbocycles. The van der Waals surface area contributed by atoms with Crippen LogP contribution >= 0.6 is 0 Å². The number of hydrogen-bond donors (Lipinski definition) is 3. The molecule has 2 rings (SSSR count). The lowest BCUT2D eigenvalue weighted by molar-refractivity contribution is -0.130. The summed E-state index contributed by atoms with van der Waals surface area (Å²) in [4.78, 5) is 28.2. The van der Waals surface area contributed by atoms with Gasteiger partial charge in [-0.05, 0) is 32.6 Å². The quantitative estimate of drug-likeness (QED) is 0.668. The number of carbonyl (C=O) groups is 2.